The predicted molar refractivity (Wildman–Crippen MR) is 66.4 cm³/mol. The summed E-state index contributed by atoms with van der Waals surface area (Å²) in [6.07, 6.45) is -0.425. The Morgan fingerprint density at radius 3 is 2.70 bits per heavy atom. The molecular formula is C14H11F3N2O. The van der Waals surface area contributed by atoms with Gasteiger partial charge in [-0.15, -0.1) is 0 Å². The van der Waals surface area contributed by atoms with Crippen LogP contribution < -0.4 is 0 Å². The number of aromatic nitrogens is 2. The van der Waals surface area contributed by atoms with E-state index in [1.165, 1.54) is 12.4 Å². The van der Waals surface area contributed by atoms with E-state index in [2.05, 4.69) is 5.10 Å². The Kier molecular flexibility index (Phi) is 2.88. The molecule has 0 aliphatic heterocycles. The molecule has 20 heavy (non-hydrogen) atoms. The van der Waals surface area contributed by atoms with Crippen molar-refractivity contribution in [2.75, 3.05) is 0 Å². The van der Waals surface area contributed by atoms with Crippen LogP contribution in [0.5, 0.6) is 0 Å². The number of hydrogen-bond donors (Lipinski definition) is 0. The van der Waals surface area contributed by atoms with Crippen LogP contribution in [0.1, 0.15) is 22.3 Å². The zero-order valence-corrected chi connectivity index (χ0v) is 10.4. The van der Waals surface area contributed by atoms with Crippen molar-refractivity contribution < 1.29 is 18.0 Å². The van der Waals surface area contributed by atoms with E-state index in [0.29, 0.717) is 24.0 Å². The molecule has 1 aliphatic rings. The van der Waals surface area contributed by atoms with Crippen molar-refractivity contribution in [2.45, 2.75) is 25.6 Å². The lowest BCUT2D eigenvalue weighted by Crippen LogP contribution is -2.17. The third-order valence-electron chi connectivity index (χ3n) is 3.36. The highest BCUT2D eigenvalue weighted by Crippen LogP contribution is 2.32. The lowest BCUT2D eigenvalue weighted by Gasteiger charge is -2.06. The van der Waals surface area contributed by atoms with Crippen molar-refractivity contribution in [1.82, 2.24) is 9.78 Å². The monoisotopic (exact) mass is 280 g/mol. The lowest BCUT2D eigenvalue weighted by atomic mass is 9.99. The molecule has 2 aromatic rings. The van der Waals surface area contributed by atoms with Crippen molar-refractivity contribution in [3.63, 3.8) is 0 Å². The van der Waals surface area contributed by atoms with Gasteiger partial charge < -0.3 is 0 Å². The number of ketones is 1. The maximum Gasteiger partial charge on any atom is 0.408 e. The van der Waals surface area contributed by atoms with Crippen molar-refractivity contribution >= 4 is 5.78 Å². The van der Waals surface area contributed by atoms with Gasteiger partial charge >= 0.3 is 6.18 Å². The van der Waals surface area contributed by atoms with Crippen LogP contribution in [0, 0.1) is 0 Å². The highest BCUT2D eigenvalue weighted by Gasteiger charge is 2.29. The van der Waals surface area contributed by atoms with Crippen molar-refractivity contribution in [2.24, 2.45) is 0 Å². The van der Waals surface area contributed by atoms with E-state index in [0.717, 1.165) is 15.8 Å². The minimum absolute atomic E-state index is 0.0875. The summed E-state index contributed by atoms with van der Waals surface area (Å²) in [4.78, 5) is 11.7. The van der Waals surface area contributed by atoms with E-state index in [-0.39, 0.29) is 5.78 Å². The molecule has 1 aromatic carbocycles. The summed E-state index contributed by atoms with van der Waals surface area (Å²) in [6.45, 7) is -1.11. The van der Waals surface area contributed by atoms with Gasteiger partial charge in [-0.1, -0.05) is 18.2 Å². The van der Waals surface area contributed by atoms with E-state index in [9.17, 15) is 18.0 Å². The number of halogens is 3. The van der Waals surface area contributed by atoms with Gasteiger partial charge in [-0.2, -0.15) is 18.3 Å². The number of nitrogens with zero attached hydrogens (tertiary/aromatic N) is 2. The van der Waals surface area contributed by atoms with Gasteiger partial charge in [0.2, 0.25) is 0 Å². The second-order valence-electron chi connectivity index (χ2n) is 4.80. The molecule has 1 heterocycles. The van der Waals surface area contributed by atoms with E-state index in [4.69, 9.17) is 0 Å². The quantitative estimate of drug-likeness (QED) is 0.846. The summed E-state index contributed by atoms with van der Waals surface area (Å²) in [5.74, 6) is 0.0875. The number of carbonyl (C=O) groups is 1. The van der Waals surface area contributed by atoms with Gasteiger partial charge in [-0.25, -0.2) is 0 Å². The SMILES string of the molecule is O=C1CCc2c1cccc2-c1cnn(CC(F)(F)F)c1. The molecule has 3 rings (SSSR count). The molecule has 0 fully saturated rings. The van der Waals surface area contributed by atoms with Gasteiger partial charge in [0, 0.05) is 23.7 Å². The lowest BCUT2D eigenvalue weighted by molar-refractivity contribution is -0.142. The van der Waals surface area contributed by atoms with Crippen LogP contribution in [0.25, 0.3) is 11.1 Å². The normalized spacial score (nSPS) is 14.7. The zero-order valence-electron chi connectivity index (χ0n) is 10.4. The molecule has 0 saturated carbocycles. The third-order valence-corrected chi connectivity index (χ3v) is 3.36. The molecule has 1 aliphatic carbocycles. The Balaban J connectivity index is 1.97. The number of fused-ring (bicyclic) bond motifs is 1. The summed E-state index contributed by atoms with van der Waals surface area (Å²) >= 11 is 0. The average molecular weight is 280 g/mol. The molecule has 3 nitrogen and oxygen atoms in total. The van der Waals surface area contributed by atoms with Gasteiger partial charge in [-0.05, 0) is 17.5 Å². The van der Waals surface area contributed by atoms with Gasteiger partial charge in [0.25, 0.3) is 0 Å². The first kappa shape index (κ1) is 12.9. The van der Waals surface area contributed by atoms with Gasteiger partial charge in [0.15, 0.2) is 5.78 Å². The smallest absolute Gasteiger partial charge is 0.294 e. The first-order valence-electron chi connectivity index (χ1n) is 6.19. The van der Waals surface area contributed by atoms with Crippen LogP contribution in [0.3, 0.4) is 0 Å². The Morgan fingerprint density at radius 1 is 1.20 bits per heavy atom. The fourth-order valence-electron chi connectivity index (χ4n) is 2.53. The summed E-state index contributed by atoms with van der Waals surface area (Å²) in [5, 5.41) is 3.73. The summed E-state index contributed by atoms with van der Waals surface area (Å²) in [6, 6.07) is 5.32. The van der Waals surface area contributed by atoms with Crippen molar-refractivity contribution in [3.8, 4) is 11.1 Å². The van der Waals surface area contributed by atoms with E-state index < -0.39 is 12.7 Å². The minimum Gasteiger partial charge on any atom is -0.294 e. The zero-order chi connectivity index (χ0) is 14.3. The molecule has 0 atom stereocenters. The molecule has 104 valence electrons. The Labute approximate surface area is 113 Å². The molecule has 1 aromatic heterocycles. The molecule has 6 heteroatoms. The van der Waals surface area contributed by atoms with Crippen LogP contribution in [-0.2, 0) is 13.0 Å². The van der Waals surface area contributed by atoms with E-state index in [1.807, 2.05) is 6.07 Å². The number of Topliss-reactive ketones (excluding diaryl/α,β-unsaturated/α-hetero) is 1. The van der Waals surface area contributed by atoms with Crippen LogP contribution in [0.2, 0.25) is 0 Å². The molecule has 0 radical (unpaired) electrons. The highest BCUT2D eigenvalue weighted by molar-refractivity contribution is 6.02. The maximum absolute atomic E-state index is 12.3. The molecule has 0 amide bonds. The number of hydrogen-bond acceptors (Lipinski definition) is 2. The third kappa shape index (κ3) is 2.33. The van der Waals surface area contributed by atoms with E-state index in [1.54, 1.807) is 12.1 Å². The predicted octanol–water partition coefficient (Wildman–Crippen LogP) is 3.24. The van der Waals surface area contributed by atoms with Gasteiger partial charge in [0.1, 0.15) is 6.54 Å². The first-order chi connectivity index (χ1) is 9.44. The van der Waals surface area contributed by atoms with Crippen LogP contribution in [-0.4, -0.2) is 21.7 Å². The number of carbonyl (C=O) groups excluding carboxylic acids is 1. The van der Waals surface area contributed by atoms with Crippen molar-refractivity contribution in [1.29, 1.82) is 0 Å². The molecular weight excluding hydrogens is 269 g/mol. The Morgan fingerprint density at radius 2 is 1.95 bits per heavy atom. The van der Waals surface area contributed by atoms with Gasteiger partial charge in [0.05, 0.1) is 6.20 Å². The van der Waals surface area contributed by atoms with Crippen LogP contribution in [0.15, 0.2) is 30.6 Å². The summed E-state index contributed by atoms with van der Waals surface area (Å²) in [5.41, 5.74) is 2.98. The molecule has 0 N–H and O–H groups in total. The number of alkyl halides is 3. The van der Waals surface area contributed by atoms with Crippen molar-refractivity contribution in [3.05, 3.63) is 41.7 Å². The van der Waals surface area contributed by atoms with Crippen LogP contribution >= 0.6 is 0 Å². The fraction of sp³-hybridized carbons (Fsp3) is 0.286. The number of benzene rings is 1. The topological polar surface area (TPSA) is 34.9 Å². The van der Waals surface area contributed by atoms with Crippen LogP contribution in [0.4, 0.5) is 13.2 Å². The highest BCUT2D eigenvalue weighted by atomic mass is 19.4. The van der Waals surface area contributed by atoms with Gasteiger partial charge in [-0.3, -0.25) is 9.48 Å². The second-order valence-corrected chi connectivity index (χ2v) is 4.80. The largest absolute Gasteiger partial charge is 0.408 e. The minimum atomic E-state index is -4.29. The average Bonchev–Trinajstić information content (AvgIpc) is 2.95. The van der Waals surface area contributed by atoms with E-state index >= 15 is 0 Å². The second kappa shape index (κ2) is 4.47. The molecule has 0 bridgehead atoms. The molecule has 0 unspecified atom stereocenters. The summed E-state index contributed by atoms with van der Waals surface area (Å²) in [7, 11) is 0. The first-order valence-corrected chi connectivity index (χ1v) is 6.19. The standard InChI is InChI=1S/C14H11F3N2O/c15-14(16,17)8-19-7-9(6-18-19)10-2-1-3-12-11(10)4-5-13(12)20/h1-3,6-7H,4-5,8H2. The fourth-order valence-corrected chi connectivity index (χ4v) is 2.53. The summed E-state index contributed by atoms with van der Waals surface area (Å²) < 4.78 is 37.8. The Bertz CT molecular complexity index is 673. The Hall–Kier alpha value is -2.11. The number of rotatable bonds is 2. The molecule has 0 saturated heterocycles. The molecule has 0 spiro atoms. The maximum atomic E-state index is 12.3.